The van der Waals surface area contributed by atoms with Gasteiger partial charge in [0.25, 0.3) is 5.91 Å². The van der Waals surface area contributed by atoms with E-state index in [1.165, 1.54) is 14.0 Å². The van der Waals surface area contributed by atoms with Crippen LogP contribution in [0.1, 0.15) is 28.7 Å². The molecule has 0 radical (unpaired) electrons. The average Bonchev–Trinajstić information content (AvgIpc) is 2.96. The molecule has 144 valence electrons. The average molecular weight is 377 g/mol. The summed E-state index contributed by atoms with van der Waals surface area (Å²) in [4.78, 5) is 24.3. The monoisotopic (exact) mass is 377 g/mol. The Morgan fingerprint density at radius 1 is 0.964 bits per heavy atom. The lowest BCUT2D eigenvalue weighted by Gasteiger charge is -2.12. The highest BCUT2D eigenvalue weighted by Crippen LogP contribution is 2.28. The minimum absolute atomic E-state index is 0.214. The molecule has 3 rings (SSSR count). The molecule has 6 heteroatoms. The van der Waals surface area contributed by atoms with Crippen LogP contribution in [0.25, 0.3) is 5.69 Å². The number of para-hydroxylation sites is 1. The standard InChI is InChI=1S/C22H23N3O3/c1-14-12-19(15(2)25(14)18-8-6-5-7-9-18)22(27)24-17-10-11-21(28-4)20(13-17)23-16(3)26/h5-13H,1-4H3,(H,23,26)(H,24,27). The van der Waals surface area contributed by atoms with Crippen LogP contribution in [0.5, 0.6) is 5.75 Å². The molecular formula is C22H23N3O3. The first kappa shape index (κ1) is 19.2. The lowest BCUT2D eigenvalue weighted by molar-refractivity contribution is -0.114. The molecule has 0 spiro atoms. The highest BCUT2D eigenvalue weighted by atomic mass is 16.5. The van der Waals surface area contributed by atoms with E-state index in [4.69, 9.17) is 4.74 Å². The summed E-state index contributed by atoms with van der Waals surface area (Å²) in [5, 5.41) is 5.60. The summed E-state index contributed by atoms with van der Waals surface area (Å²) < 4.78 is 7.29. The highest BCUT2D eigenvalue weighted by molar-refractivity contribution is 6.06. The van der Waals surface area contributed by atoms with Gasteiger partial charge in [0.05, 0.1) is 18.4 Å². The molecule has 0 atom stereocenters. The molecular weight excluding hydrogens is 354 g/mol. The third kappa shape index (κ3) is 3.91. The summed E-state index contributed by atoms with van der Waals surface area (Å²) in [6.45, 7) is 5.31. The van der Waals surface area contributed by atoms with Gasteiger partial charge < -0.3 is 19.9 Å². The fourth-order valence-electron chi connectivity index (χ4n) is 3.24. The van der Waals surface area contributed by atoms with E-state index in [0.717, 1.165) is 17.1 Å². The molecule has 1 aromatic heterocycles. The van der Waals surface area contributed by atoms with E-state index in [9.17, 15) is 9.59 Å². The van der Waals surface area contributed by atoms with Crippen LogP contribution in [0.4, 0.5) is 11.4 Å². The molecule has 0 aliphatic carbocycles. The van der Waals surface area contributed by atoms with Crippen LogP contribution in [0.3, 0.4) is 0 Å². The molecule has 2 N–H and O–H groups in total. The number of methoxy groups -OCH3 is 1. The number of nitrogens with zero attached hydrogens (tertiary/aromatic N) is 1. The van der Waals surface area contributed by atoms with Gasteiger partial charge in [0.15, 0.2) is 0 Å². The van der Waals surface area contributed by atoms with E-state index in [-0.39, 0.29) is 11.8 Å². The zero-order chi connectivity index (χ0) is 20.3. The maximum Gasteiger partial charge on any atom is 0.257 e. The van der Waals surface area contributed by atoms with Crippen LogP contribution >= 0.6 is 0 Å². The van der Waals surface area contributed by atoms with E-state index in [1.54, 1.807) is 18.2 Å². The number of rotatable bonds is 5. The first-order valence-corrected chi connectivity index (χ1v) is 8.92. The molecule has 0 fully saturated rings. The van der Waals surface area contributed by atoms with Crippen molar-refractivity contribution in [3.63, 3.8) is 0 Å². The number of carbonyl (C=O) groups excluding carboxylic acids is 2. The second-order valence-electron chi connectivity index (χ2n) is 6.51. The number of anilines is 2. The number of hydrogen-bond acceptors (Lipinski definition) is 3. The molecule has 0 unspecified atom stereocenters. The van der Waals surface area contributed by atoms with Gasteiger partial charge >= 0.3 is 0 Å². The molecule has 3 aromatic rings. The van der Waals surface area contributed by atoms with E-state index in [2.05, 4.69) is 10.6 Å². The number of benzene rings is 2. The number of nitrogens with one attached hydrogen (secondary N) is 2. The number of hydrogen-bond donors (Lipinski definition) is 2. The SMILES string of the molecule is COc1ccc(NC(=O)c2cc(C)n(-c3ccccc3)c2C)cc1NC(C)=O. The van der Waals surface area contributed by atoms with Gasteiger partial charge in [-0.25, -0.2) is 0 Å². The Hall–Kier alpha value is -3.54. The Morgan fingerprint density at radius 3 is 2.32 bits per heavy atom. The molecule has 0 saturated carbocycles. The summed E-state index contributed by atoms with van der Waals surface area (Å²) in [5.41, 5.74) is 4.51. The molecule has 1 heterocycles. The largest absolute Gasteiger partial charge is 0.495 e. The first-order valence-electron chi connectivity index (χ1n) is 8.92. The van der Waals surface area contributed by atoms with Gasteiger partial charge in [0.1, 0.15) is 5.75 Å². The van der Waals surface area contributed by atoms with Crippen molar-refractivity contribution < 1.29 is 14.3 Å². The van der Waals surface area contributed by atoms with Crippen LogP contribution < -0.4 is 15.4 Å². The Morgan fingerprint density at radius 2 is 1.68 bits per heavy atom. The van der Waals surface area contributed by atoms with Crippen LogP contribution in [-0.2, 0) is 4.79 Å². The predicted octanol–water partition coefficient (Wildman–Crippen LogP) is 4.31. The van der Waals surface area contributed by atoms with Crippen molar-refractivity contribution in [2.45, 2.75) is 20.8 Å². The third-order valence-electron chi connectivity index (χ3n) is 4.46. The number of ether oxygens (including phenoxy) is 1. The van der Waals surface area contributed by atoms with Gasteiger partial charge in [-0.15, -0.1) is 0 Å². The van der Waals surface area contributed by atoms with Crippen LogP contribution in [-0.4, -0.2) is 23.5 Å². The first-order chi connectivity index (χ1) is 13.4. The van der Waals surface area contributed by atoms with E-state index >= 15 is 0 Å². The van der Waals surface area contributed by atoms with Gasteiger partial charge in [0.2, 0.25) is 5.91 Å². The lowest BCUT2D eigenvalue weighted by atomic mass is 10.2. The third-order valence-corrected chi connectivity index (χ3v) is 4.46. The highest BCUT2D eigenvalue weighted by Gasteiger charge is 2.17. The topological polar surface area (TPSA) is 72.4 Å². The smallest absolute Gasteiger partial charge is 0.257 e. The fourth-order valence-corrected chi connectivity index (χ4v) is 3.24. The molecule has 2 aromatic carbocycles. The van der Waals surface area contributed by atoms with Gasteiger partial charge in [0, 0.05) is 29.7 Å². The zero-order valence-electron chi connectivity index (χ0n) is 16.4. The summed E-state index contributed by atoms with van der Waals surface area (Å²) in [7, 11) is 1.53. The number of aryl methyl sites for hydroxylation is 1. The summed E-state index contributed by atoms with van der Waals surface area (Å²) >= 11 is 0. The molecule has 0 saturated heterocycles. The van der Waals surface area contributed by atoms with Crippen molar-refractivity contribution in [2.24, 2.45) is 0 Å². The normalized spacial score (nSPS) is 10.4. The van der Waals surface area contributed by atoms with Gasteiger partial charge in [-0.3, -0.25) is 9.59 Å². The molecule has 28 heavy (non-hydrogen) atoms. The van der Waals surface area contributed by atoms with Crippen molar-refractivity contribution >= 4 is 23.2 Å². The van der Waals surface area contributed by atoms with Crippen LogP contribution in [0, 0.1) is 13.8 Å². The number of amides is 2. The summed E-state index contributed by atoms with van der Waals surface area (Å²) in [6, 6.07) is 16.9. The van der Waals surface area contributed by atoms with Crippen molar-refractivity contribution in [3.05, 3.63) is 71.5 Å². The lowest BCUT2D eigenvalue weighted by Crippen LogP contribution is -2.14. The van der Waals surface area contributed by atoms with Gasteiger partial charge in [-0.1, -0.05) is 18.2 Å². The quantitative estimate of drug-likeness (QED) is 0.696. The Bertz CT molecular complexity index is 1020. The molecule has 6 nitrogen and oxygen atoms in total. The summed E-state index contributed by atoms with van der Waals surface area (Å²) in [5.74, 6) is 0.0952. The fraction of sp³-hybridized carbons (Fsp3) is 0.182. The van der Waals surface area contributed by atoms with Crippen molar-refractivity contribution in [3.8, 4) is 11.4 Å². The maximum absolute atomic E-state index is 12.9. The van der Waals surface area contributed by atoms with Crippen LogP contribution in [0.15, 0.2) is 54.6 Å². The zero-order valence-corrected chi connectivity index (χ0v) is 16.4. The van der Waals surface area contributed by atoms with Crippen molar-refractivity contribution in [1.82, 2.24) is 4.57 Å². The van der Waals surface area contributed by atoms with Gasteiger partial charge in [-0.2, -0.15) is 0 Å². The van der Waals surface area contributed by atoms with Crippen LogP contribution in [0.2, 0.25) is 0 Å². The van der Waals surface area contributed by atoms with E-state index in [0.29, 0.717) is 22.7 Å². The second-order valence-corrected chi connectivity index (χ2v) is 6.51. The molecule has 0 aliphatic heterocycles. The molecule has 0 aliphatic rings. The minimum atomic E-state index is -0.215. The van der Waals surface area contributed by atoms with E-state index in [1.807, 2.05) is 54.8 Å². The van der Waals surface area contributed by atoms with E-state index < -0.39 is 0 Å². The Kier molecular flexibility index (Phi) is 5.49. The minimum Gasteiger partial charge on any atom is -0.495 e. The number of aromatic nitrogens is 1. The molecule has 2 amide bonds. The Balaban J connectivity index is 1.89. The Labute approximate surface area is 164 Å². The maximum atomic E-state index is 12.9. The number of carbonyl (C=O) groups is 2. The van der Waals surface area contributed by atoms with Crippen molar-refractivity contribution in [2.75, 3.05) is 17.7 Å². The van der Waals surface area contributed by atoms with Gasteiger partial charge in [-0.05, 0) is 50.2 Å². The molecule has 0 bridgehead atoms. The predicted molar refractivity (Wildman–Crippen MR) is 110 cm³/mol. The summed E-state index contributed by atoms with van der Waals surface area (Å²) in [6.07, 6.45) is 0. The second kappa shape index (κ2) is 8.00. The van der Waals surface area contributed by atoms with Crippen molar-refractivity contribution in [1.29, 1.82) is 0 Å².